The molecule has 6 nitrogen and oxygen atoms in total. The van der Waals surface area contributed by atoms with E-state index in [2.05, 4.69) is 10.6 Å². The third kappa shape index (κ3) is 3.93. The second-order valence-corrected chi connectivity index (χ2v) is 7.08. The Hall–Kier alpha value is -3.09. The van der Waals surface area contributed by atoms with Gasteiger partial charge >= 0.3 is 6.03 Å². The highest BCUT2D eigenvalue weighted by atomic mass is 19.1. The van der Waals surface area contributed by atoms with E-state index >= 15 is 0 Å². The van der Waals surface area contributed by atoms with E-state index in [1.165, 1.54) is 24.3 Å². The molecule has 2 N–H and O–H groups in total. The van der Waals surface area contributed by atoms with Crippen molar-refractivity contribution in [1.82, 2.24) is 4.90 Å². The van der Waals surface area contributed by atoms with Gasteiger partial charge in [0, 0.05) is 30.4 Å². The number of ether oxygens (including phenoxy) is 1. The van der Waals surface area contributed by atoms with Gasteiger partial charge in [0.15, 0.2) is 0 Å². The van der Waals surface area contributed by atoms with Gasteiger partial charge in [-0.2, -0.15) is 0 Å². The summed E-state index contributed by atoms with van der Waals surface area (Å²) < 4.78 is 18.8. The molecule has 2 heterocycles. The van der Waals surface area contributed by atoms with Gasteiger partial charge in [-0.05, 0) is 61.7 Å². The number of piperidine rings is 1. The molecular weight excluding hydrogens is 361 g/mol. The van der Waals surface area contributed by atoms with E-state index in [0.29, 0.717) is 29.3 Å². The standard InChI is InChI=1S/C21H22FN3O3/c22-14-4-6-15(7-5-14)23-21(27)24-16-8-9-19-18(13-16)20(26)25-11-2-1-3-17(25)10-12-28-19/h4-9,13,17H,1-3,10-12H2,(H2,23,24,27). The highest BCUT2D eigenvalue weighted by Gasteiger charge is 2.31. The lowest BCUT2D eigenvalue weighted by atomic mass is 9.97. The van der Waals surface area contributed by atoms with Crippen LogP contribution in [0, 0.1) is 5.82 Å². The van der Waals surface area contributed by atoms with Crippen molar-refractivity contribution < 1.29 is 18.7 Å². The van der Waals surface area contributed by atoms with Crippen LogP contribution in [0.25, 0.3) is 0 Å². The minimum absolute atomic E-state index is 0.0537. The zero-order valence-corrected chi connectivity index (χ0v) is 15.4. The summed E-state index contributed by atoms with van der Waals surface area (Å²) in [4.78, 5) is 27.2. The van der Waals surface area contributed by atoms with E-state index in [-0.39, 0.29) is 17.8 Å². The van der Waals surface area contributed by atoms with Crippen LogP contribution < -0.4 is 15.4 Å². The zero-order valence-electron chi connectivity index (χ0n) is 15.4. The predicted molar refractivity (Wildman–Crippen MR) is 104 cm³/mol. The van der Waals surface area contributed by atoms with Gasteiger partial charge in [0.05, 0.1) is 12.2 Å². The molecule has 1 atom stereocenters. The van der Waals surface area contributed by atoms with Crippen LogP contribution in [0.1, 0.15) is 36.0 Å². The van der Waals surface area contributed by atoms with Crippen LogP contribution in [0.3, 0.4) is 0 Å². The fourth-order valence-corrected chi connectivity index (χ4v) is 3.76. The Morgan fingerprint density at radius 1 is 1.04 bits per heavy atom. The Morgan fingerprint density at radius 2 is 1.79 bits per heavy atom. The van der Waals surface area contributed by atoms with Crippen molar-refractivity contribution >= 4 is 23.3 Å². The largest absolute Gasteiger partial charge is 0.493 e. The lowest BCUT2D eigenvalue weighted by molar-refractivity contribution is 0.0548. The monoisotopic (exact) mass is 383 g/mol. The number of urea groups is 1. The molecule has 0 bridgehead atoms. The zero-order chi connectivity index (χ0) is 19.5. The van der Waals surface area contributed by atoms with Crippen molar-refractivity contribution in [1.29, 1.82) is 0 Å². The lowest BCUT2D eigenvalue weighted by Crippen LogP contribution is -2.45. The van der Waals surface area contributed by atoms with E-state index in [4.69, 9.17) is 4.74 Å². The molecule has 2 aliphatic heterocycles. The van der Waals surface area contributed by atoms with E-state index in [1.807, 2.05) is 4.90 Å². The number of hydrogen-bond donors (Lipinski definition) is 2. The second-order valence-electron chi connectivity index (χ2n) is 7.08. The summed E-state index contributed by atoms with van der Waals surface area (Å²) in [6, 6.07) is 10.3. The smallest absolute Gasteiger partial charge is 0.323 e. The van der Waals surface area contributed by atoms with Gasteiger partial charge in [-0.3, -0.25) is 4.79 Å². The molecule has 2 aliphatic rings. The summed E-state index contributed by atoms with van der Waals surface area (Å²) >= 11 is 0. The Bertz CT molecular complexity index is 885. The fourth-order valence-electron chi connectivity index (χ4n) is 3.76. The molecule has 0 spiro atoms. The predicted octanol–water partition coefficient (Wildman–Crippen LogP) is 4.25. The number of nitrogens with one attached hydrogen (secondary N) is 2. The molecule has 1 fully saturated rings. The second kappa shape index (κ2) is 7.88. The average molecular weight is 383 g/mol. The van der Waals surface area contributed by atoms with Crippen LogP contribution in [-0.4, -0.2) is 36.0 Å². The van der Waals surface area contributed by atoms with Crippen molar-refractivity contribution in [3.05, 3.63) is 53.8 Å². The minimum atomic E-state index is -0.471. The van der Waals surface area contributed by atoms with Crippen molar-refractivity contribution in [3.63, 3.8) is 0 Å². The van der Waals surface area contributed by atoms with Crippen LogP contribution >= 0.6 is 0 Å². The van der Waals surface area contributed by atoms with Crippen molar-refractivity contribution in [2.75, 3.05) is 23.8 Å². The van der Waals surface area contributed by atoms with Gasteiger partial charge in [-0.1, -0.05) is 0 Å². The number of carbonyl (C=O) groups excluding carboxylic acids is 2. The maximum absolute atomic E-state index is 13.1. The van der Waals surface area contributed by atoms with Gasteiger partial charge in [-0.15, -0.1) is 0 Å². The maximum atomic E-state index is 13.1. The Balaban J connectivity index is 1.51. The first-order valence-corrected chi connectivity index (χ1v) is 9.51. The van der Waals surface area contributed by atoms with Crippen LogP contribution in [0.2, 0.25) is 0 Å². The molecule has 0 radical (unpaired) electrons. The summed E-state index contributed by atoms with van der Waals surface area (Å²) in [5.41, 5.74) is 1.43. The van der Waals surface area contributed by atoms with Gasteiger partial charge in [-0.25, -0.2) is 9.18 Å². The molecule has 7 heteroatoms. The van der Waals surface area contributed by atoms with Gasteiger partial charge in [0.25, 0.3) is 5.91 Å². The fraction of sp³-hybridized carbons (Fsp3) is 0.333. The normalized spacial score (nSPS) is 18.8. The highest BCUT2D eigenvalue weighted by Crippen LogP contribution is 2.31. The SMILES string of the molecule is O=C(Nc1ccc(F)cc1)Nc1ccc2c(c1)C(=O)N1CCCCC1CCO2. The van der Waals surface area contributed by atoms with Crippen molar-refractivity contribution in [2.24, 2.45) is 0 Å². The molecule has 2 aromatic rings. The molecule has 146 valence electrons. The van der Waals surface area contributed by atoms with Crippen molar-refractivity contribution in [3.8, 4) is 5.75 Å². The molecule has 0 aromatic heterocycles. The van der Waals surface area contributed by atoms with Gasteiger partial charge in [0.1, 0.15) is 11.6 Å². The number of amides is 3. The first-order valence-electron chi connectivity index (χ1n) is 9.51. The molecule has 1 saturated heterocycles. The first kappa shape index (κ1) is 18.3. The summed E-state index contributed by atoms with van der Waals surface area (Å²) in [5, 5.41) is 5.35. The van der Waals surface area contributed by atoms with E-state index < -0.39 is 6.03 Å². The summed E-state index contributed by atoms with van der Waals surface area (Å²) in [6.45, 7) is 1.32. The first-order chi connectivity index (χ1) is 13.6. The Kier molecular flexibility index (Phi) is 5.14. The van der Waals surface area contributed by atoms with E-state index in [1.54, 1.807) is 18.2 Å². The maximum Gasteiger partial charge on any atom is 0.323 e. The number of rotatable bonds is 2. The summed E-state index contributed by atoms with van der Waals surface area (Å²) in [7, 11) is 0. The van der Waals surface area contributed by atoms with Gasteiger partial charge in [0.2, 0.25) is 0 Å². The number of benzene rings is 2. The average Bonchev–Trinajstić information content (AvgIpc) is 2.69. The quantitative estimate of drug-likeness (QED) is 0.815. The number of carbonyl (C=O) groups is 2. The molecule has 28 heavy (non-hydrogen) atoms. The minimum Gasteiger partial charge on any atom is -0.493 e. The van der Waals surface area contributed by atoms with E-state index in [0.717, 1.165) is 32.2 Å². The molecule has 0 aliphatic carbocycles. The third-order valence-electron chi connectivity index (χ3n) is 5.17. The molecule has 4 rings (SSSR count). The number of halogens is 1. The Labute approximate surface area is 162 Å². The number of hydrogen-bond acceptors (Lipinski definition) is 3. The lowest BCUT2D eigenvalue weighted by Gasteiger charge is -2.37. The highest BCUT2D eigenvalue weighted by molar-refractivity contribution is 6.02. The number of nitrogens with zero attached hydrogens (tertiary/aromatic N) is 1. The molecule has 3 amide bonds. The number of anilines is 2. The summed E-state index contributed by atoms with van der Waals surface area (Å²) in [5.74, 6) is 0.114. The van der Waals surface area contributed by atoms with Crippen LogP contribution in [0.5, 0.6) is 5.75 Å². The van der Waals surface area contributed by atoms with Crippen molar-refractivity contribution in [2.45, 2.75) is 31.7 Å². The molecular formula is C21H22FN3O3. The molecule has 0 saturated carbocycles. The molecule has 1 unspecified atom stereocenters. The Morgan fingerprint density at radius 3 is 2.61 bits per heavy atom. The van der Waals surface area contributed by atoms with Crippen LogP contribution in [0.4, 0.5) is 20.6 Å². The van der Waals surface area contributed by atoms with Crippen LogP contribution in [0.15, 0.2) is 42.5 Å². The van der Waals surface area contributed by atoms with Gasteiger partial charge < -0.3 is 20.3 Å². The topological polar surface area (TPSA) is 70.7 Å². The third-order valence-corrected chi connectivity index (χ3v) is 5.17. The molecule has 2 aromatic carbocycles. The van der Waals surface area contributed by atoms with E-state index in [9.17, 15) is 14.0 Å². The van der Waals surface area contributed by atoms with Crippen LogP contribution in [-0.2, 0) is 0 Å². The summed E-state index contributed by atoms with van der Waals surface area (Å²) in [6.07, 6.45) is 3.98. The number of fused-ring (bicyclic) bond motifs is 2.